The van der Waals surface area contributed by atoms with Crippen LogP contribution in [0.2, 0.25) is 0 Å². The van der Waals surface area contributed by atoms with Crippen molar-refractivity contribution in [1.82, 2.24) is 14.9 Å². The Morgan fingerprint density at radius 1 is 1.52 bits per heavy atom. The van der Waals surface area contributed by atoms with Crippen LogP contribution in [0.25, 0.3) is 0 Å². The molecule has 1 amide bonds. The number of carbonyl (C=O) groups excluding carboxylic acids is 1. The molecule has 0 aliphatic carbocycles. The molecular formula is C14H13F2N5OS. The Bertz CT molecular complexity index is 741. The van der Waals surface area contributed by atoms with Crippen LogP contribution in [0.15, 0.2) is 23.0 Å². The zero-order valence-corrected chi connectivity index (χ0v) is 13.2. The molecule has 1 aliphatic heterocycles. The van der Waals surface area contributed by atoms with E-state index in [2.05, 4.69) is 10.3 Å². The van der Waals surface area contributed by atoms with Crippen LogP contribution in [0.3, 0.4) is 0 Å². The van der Waals surface area contributed by atoms with Gasteiger partial charge in [-0.3, -0.25) is 9.36 Å². The Balaban J connectivity index is 2.29. The summed E-state index contributed by atoms with van der Waals surface area (Å²) in [6, 6.07) is 3.91. The number of amides is 1. The summed E-state index contributed by atoms with van der Waals surface area (Å²) in [5.74, 6) is -1.30. The monoisotopic (exact) mass is 337 g/mol. The third kappa shape index (κ3) is 3.06. The van der Waals surface area contributed by atoms with Gasteiger partial charge in [-0.05, 0) is 0 Å². The maximum atomic E-state index is 12.8. The number of hydrogen-bond acceptors (Lipinski definition) is 5. The lowest BCUT2D eigenvalue weighted by Gasteiger charge is -2.34. The maximum Gasteiger partial charge on any atom is 0.319 e. The van der Waals surface area contributed by atoms with Gasteiger partial charge in [0.2, 0.25) is 5.91 Å². The second kappa shape index (κ2) is 6.39. The largest absolute Gasteiger partial charge is 0.319 e. The molecule has 1 aliphatic rings. The van der Waals surface area contributed by atoms with Gasteiger partial charge in [0, 0.05) is 17.8 Å². The Morgan fingerprint density at radius 2 is 2.22 bits per heavy atom. The number of rotatable bonds is 4. The number of nitrogens with one attached hydrogen (secondary N) is 1. The molecule has 23 heavy (non-hydrogen) atoms. The summed E-state index contributed by atoms with van der Waals surface area (Å²) in [7, 11) is 0. The number of allylic oxidation sites excluding steroid dienone is 1. The first-order chi connectivity index (χ1) is 10.8. The minimum atomic E-state index is -2.71. The average molecular weight is 337 g/mol. The van der Waals surface area contributed by atoms with Crippen molar-refractivity contribution in [3.05, 3.63) is 28.8 Å². The van der Waals surface area contributed by atoms with Gasteiger partial charge in [-0.15, -0.1) is 0 Å². The molecule has 2 heterocycles. The molecule has 120 valence electrons. The van der Waals surface area contributed by atoms with Gasteiger partial charge >= 0.3 is 6.55 Å². The van der Waals surface area contributed by atoms with Crippen LogP contribution in [-0.2, 0) is 10.5 Å². The standard InChI is InChI=1S/C14H13F2N5OS/c1-14(2)8(5-17)11(22)20-12(9(14)6-18)23-7-10-19-3-4-21(10)13(15)16/h3-4,8,13H,7H2,1-2H3,(H,20,22). The summed E-state index contributed by atoms with van der Waals surface area (Å²) in [4.78, 5) is 15.9. The topological polar surface area (TPSA) is 94.5 Å². The third-order valence-corrected chi connectivity index (χ3v) is 4.64. The highest BCUT2D eigenvalue weighted by Crippen LogP contribution is 2.42. The van der Waals surface area contributed by atoms with Crippen LogP contribution >= 0.6 is 11.8 Å². The predicted octanol–water partition coefficient (Wildman–Crippen LogP) is 2.54. The lowest BCUT2D eigenvalue weighted by molar-refractivity contribution is -0.125. The van der Waals surface area contributed by atoms with Gasteiger partial charge in [0.15, 0.2) is 0 Å². The quantitative estimate of drug-likeness (QED) is 0.911. The van der Waals surface area contributed by atoms with Crippen LogP contribution in [0.4, 0.5) is 8.78 Å². The summed E-state index contributed by atoms with van der Waals surface area (Å²) < 4.78 is 26.3. The summed E-state index contributed by atoms with van der Waals surface area (Å²) in [5.41, 5.74) is -0.699. The molecule has 1 aromatic heterocycles. The van der Waals surface area contributed by atoms with E-state index < -0.39 is 23.8 Å². The summed E-state index contributed by atoms with van der Waals surface area (Å²) >= 11 is 1.04. The van der Waals surface area contributed by atoms with Gasteiger partial charge in [-0.25, -0.2) is 4.98 Å². The van der Waals surface area contributed by atoms with Crippen molar-refractivity contribution in [3.63, 3.8) is 0 Å². The number of aromatic nitrogens is 2. The molecular weight excluding hydrogens is 324 g/mol. The molecule has 0 aromatic carbocycles. The minimum Gasteiger partial charge on any atom is -0.319 e. The Morgan fingerprint density at radius 3 is 2.78 bits per heavy atom. The second-order valence-electron chi connectivity index (χ2n) is 5.41. The van der Waals surface area contributed by atoms with E-state index in [1.807, 2.05) is 12.1 Å². The molecule has 0 bridgehead atoms. The second-order valence-corrected chi connectivity index (χ2v) is 6.39. The first-order valence-electron chi connectivity index (χ1n) is 6.61. The highest BCUT2D eigenvalue weighted by atomic mass is 32.2. The number of nitriles is 2. The van der Waals surface area contributed by atoms with Gasteiger partial charge in [0.05, 0.1) is 28.5 Å². The number of hydrogen-bond donors (Lipinski definition) is 1. The van der Waals surface area contributed by atoms with Crippen molar-refractivity contribution in [1.29, 1.82) is 10.5 Å². The van der Waals surface area contributed by atoms with Crippen molar-refractivity contribution >= 4 is 17.7 Å². The first kappa shape index (κ1) is 17.0. The van der Waals surface area contributed by atoms with Crippen molar-refractivity contribution in [3.8, 4) is 12.1 Å². The highest BCUT2D eigenvalue weighted by Gasteiger charge is 2.44. The zero-order chi connectivity index (χ0) is 17.2. The van der Waals surface area contributed by atoms with Crippen molar-refractivity contribution in [2.24, 2.45) is 11.3 Å². The van der Waals surface area contributed by atoms with Crippen LogP contribution in [0, 0.1) is 34.0 Å². The van der Waals surface area contributed by atoms with Gasteiger partial charge in [-0.1, -0.05) is 25.6 Å². The van der Waals surface area contributed by atoms with E-state index in [0.29, 0.717) is 4.57 Å². The van der Waals surface area contributed by atoms with Gasteiger partial charge in [0.25, 0.3) is 0 Å². The molecule has 0 saturated carbocycles. The van der Waals surface area contributed by atoms with E-state index in [-0.39, 0.29) is 22.2 Å². The Labute approximate surface area is 135 Å². The van der Waals surface area contributed by atoms with Crippen molar-refractivity contribution in [2.45, 2.75) is 26.1 Å². The van der Waals surface area contributed by atoms with E-state index in [1.165, 1.54) is 6.20 Å². The Kier molecular flexibility index (Phi) is 4.71. The lowest BCUT2D eigenvalue weighted by atomic mass is 9.72. The molecule has 0 fully saturated rings. The fraction of sp³-hybridized carbons (Fsp3) is 0.429. The smallest absolute Gasteiger partial charge is 0.319 e. The molecule has 9 heteroatoms. The van der Waals surface area contributed by atoms with E-state index in [4.69, 9.17) is 5.26 Å². The fourth-order valence-corrected chi connectivity index (χ4v) is 3.43. The Hall–Kier alpha value is -2.39. The van der Waals surface area contributed by atoms with E-state index in [9.17, 15) is 18.8 Å². The maximum absolute atomic E-state index is 12.8. The summed E-state index contributed by atoms with van der Waals surface area (Å²) in [5, 5.41) is 21.3. The normalized spacial score (nSPS) is 20.1. The summed E-state index contributed by atoms with van der Waals surface area (Å²) in [6.07, 6.45) is 2.42. The number of imidazole rings is 1. The molecule has 0 saturated heterocycles. The zero-order valence-electron chi connectivity index (χ0n) is 12.4. The molecule has 0 radical (unpaired) electrons. The van der Waals surface area contributed by atoms with Crippen molar-refractivity contribution < 1.29 is 13.6 Å². The molecule has 0 spiro atoms. The molecule has 1 N–H and O–H groups in total. The number of halogens is 2. The van der Waals surface area contributed by atoms with Crippen LogP contribution in [-0.4, -0.2) is 15.5 Å². The van der Waals surface area contributed by atoms with Gasteiger partial charge in [0.1, 0.15) is 11.7 Å². The van der Waals surface area contributed by atoms with E-state index in [1.54, 1.807) is 13.8 Å². The number of carbonyl (C=O) groups is 1. The lowest BCUT2D eigenvalue weighted by Crippen LogP contribution is -2.44. The fourth-order valence-electron chi connectivity index (χ4n) is 2.30. The molecule has 1 atom stereocenters. The highest BCUT2D eigenvalue weighted by molar-refractivity contribution is 8.02. The third-order valence-electron chi connectivity index (χ3n) is 3.64. The SMILES string of the molecule is CC1(C)C(C#N)=C(SCc2nccn2C(F)F)NC(=O)C1C#N. The van der Waals surface area contributed by atoms with Crippen molar-refractivity contribution in [2.75, 3.05) is 0 Å². The van der Waals surface area contributed by atoms with E-state index >= 15 is 0 Å². The minimum absolute atomic E-state index is 0.0609. The molecule has 1 unspecified atom stereocenters. The molecule has 6 nitrogen and oxygen atoms in total. The molecule has 2 rings (SSSR count). The van der Waals surface area contributed by atoms with Gasteiger partial charge < -0.3 is 5.32 Å². The number of nitrogens with zero attached hydrogens (tertiary/aromatic N) is 4. The first-order valence-corrected chi connectivity index (χ1v) is 7.59. The number of alkyl halides is 2. The number of thioether (sulfide) groups is 1. The van der Waals surface area contributed by atoms with Crippen LogP contribution in [0.1, 0.15) is 26.2 Å². The van der Waals surface area contributed by atoms with Gasteiger partial charge in [-0.2, -0.15) is 19.3 Å². The van der Waals surface area contributed by atoms with Crippen LogP contribution in [0.5, 0.6) is 0 Å². The molecule has 1 aromatic rings. The van der Waals surface area contributed by atoms with Crippen LogP contribution < -0.4 is 5.32 Å². The predicted molar refractivity (Wildman–Crippen MR) is 78.4 cm³/mol. The summed E-state index contributed by atoms with van der Waals surface area (Å²) in [6.45, 7) is 0.565. The van der Waals surface area contributed by atoms with E-state index in [0.717, 1.165) is 18.0 Å². The average Bonchev–Trinajstić information content (AvgIpc) is 2.93.